The molecule has 1 aliphatic heterocycles. The van der Waals surface area contributed by atoms with Gasteiger partial charge in [-0.25, -0.2) is 4.98 Å². The van der Waals surface area contributed by atoms with Crippen LogP contribution in [0.15, 0.2) is 24.7 Å². The third-order valence-corrected chi connectivity index (χ3v) is 3.09. The van der Waals surface area contributed by atoms with Crippen molar-refractivity contribution in [2.45, 2.75) is 13.1 Å². The third-order valence-electron chi connectivity index (χ3n) is 3.09. The van der Waals surface area contributed by atoms with Gasteiger partial charge in [0.05, 0.1) is 13.4 Å². The lowest BCUT2D eigenvalue weighted by atomic mass is 10.1. The van der Waals surface area contributed by atoms with Crippen molar-refractivity contribution < 1.29 is 14.2 Å². The molecular formula is C14H17N3O3. The van der Waals surface area contributed by atoms with Crippen molar-refractivity contribution in [3.05, 3.63) is 35.9 Å². The molecule has 0 radical (unpaired) electrons. The van der Waals surface area contributed by atoms with E-state index in [0.717, 1.165) is 23.6 Å². The number of fused-ring (bicyclic) bond motifs is 1. The van der Waals surface area contributed by atoms with E-state index in [2.05, 4.69) is 15.3 Å². The Morgan fingerprint density at radius 2 is 2.20 bits per heavy atom. The summed E-state index contributed by atoms with van der Waals surface area (Å²) in [7, 11) is 1.63. The quantitative estimate of drug-likeness (QED) is 0.865. The number of hydrogen-bond donors (Lipinski definition) is 2. The maximum Gasteiger partial charge on any atom is 0.203 e. The standard InChI is InChI=1S/C14H17N3O3/c1-18-12-4-10(5-13-14(12)20-3-2-19-13)6-15-7-11-8-16-9-17-11/h4-5,8-9,15H,2-3,6-7H2,1H3,(H,16,17). The molecule has 1 aromatic carbocycles. The molecule has 0 spiro atoms. The summed E-state index contributed by atoms with van der Waals surface area (Å²) >= 11 is 0. The third kappa shape index (κ3) is 2.70. The summed E-state index contributed by atoms with van der Waals surface area (Å²) < 4.78 is 16.5. The highest BCUT2D eigenvalue weighted by atomic mass is 16.6. The first-order valence-electron chi connectivity index (χ1n) is 6.51. The Balaban J connectivity index is 1.69. The smallest absolute Gasteiger partial charge is 0.203 e. The highest BCUT2D eigenvalue weighted by molar-refractivity contribution is 5.54. The van der Waals surface area contributed by atoms with E-state index in [0.29, 0.717) is 31.3 Å². The second kappa shape index (κ2) is 5.83. The van der Waals surface area contributed by atoms with E-state index in [1.165, 1.54) is 0 Å². The van der Waals surface area contributed by atoms with E-state index < -0.39 is 0 Å². The minimum absolute atomic E-state index is 0.556. The molecule has 106 valence electrons. The summed E-state index contributed by atoms with van der Waals surface area (Å²) in [5.41, 5.74) is 2.14. The topological polar surface area (TPSA) is 68.4 Å². The first-order chi connectivity index (χ1) is 9.86. The van der Waals surface area contributed by atoms with Crippen LogP contribution in [0.25, 0.3) is 0 Å². The number of imidazole rings is 1. The molecule has 20 heavy (non-hydrogen) atoms. The molecule has 2 heterocycles. The van der Waals surface area contributed by atoms with Gasteiger partial charge in [0.1, 0.15) is 13.2 Å². The molecule has 0 atom stereocenters. The number of aromatic amines is 1. The Bertz CT molecular complexity index is 552. The Morgan fingerprint density at radius 1 is 1.30 bits per heavy atom. The van der Waals surface area contributed by atoms with E-state index in [1.807, 2.05) is 12.1 Å². The summed E-state index contributed by atoms with van der Waals surface area (Å²) in [6.45, 7) is 2.57. The monoisotopic (exact) mass is 275 g/mol. The molecule has 3 rings (SSSR count). The summed E-state index contributed by atoms with van der Waals surface area (Å²) in [5, 5.41) is 3.34. The second-order valence-electron chi connectivity index (χ2n) is 4.50. The predicted octanol–water partition coefficient (Wildman–Crippen LogP) is 1.48. The van der Waals surface area contributed by atoms with Gasteiger partial charge < -0.3 is 24.5 Å². The van der Waals surface area contributed by atoms with Gasteiger partial charge in [0.25, 0.3) is 0 Å². The van der Waals surface area contributed by atoms with E-state index in [-0.39, 0.29) is 0 Å². The highest BCUT2D eigenvalue weighted by Gasteiger charge is 2.18. The van der Waals surface area contributed by atoms with Gasteiger partial charge >= 0.3 is 0 Å². The first-order valence-corrected chi connectivity index (χ1v) is 6.51. The van der Waals surface area contributed by atoms with Crippen LogP contribution in [0, 0.1) is 0 Å². The van der Waals surface area contributed by atoms with Gasteiger partial charge in [-0.3, -0.25) is 0 Å². The molecule has 6 nitrogen and oxygen atoms in total. The fraction of sp³-hybridized carbons (Fsp3) is 0.357. The maximum absolute atomic E-state index is 5.61. The number of methoxy groups -OCH3 is 1. The molecule has 1 aromatic heterocycles. The molecule has 0 aliphatic carbocycles. The number of aromatic nitrogens is 2. The van der Waals surface area contributed by atoms with Gasteiger partial charge in [-0.15, -0.1) is 0 Å². The second-order valence-corrected chi connectivity index (χ2v) is 4.50. The van der Waals surface area contributed by atoms with Crippen LogP contribution in [-0.4, -0.2) is 30.3 Å². The van der Waals surface area contributed by atoms with E-state index in [9.17, 15) is 0 Å². The molecule has 2 aromatic rings. The number of benzene rings is 1. The average Bonchev–Trinajstić information content (AvgIpc) is 2.99. The van der Waals surface area contributed by atoms with Crippen LogP contribution < -0.4 is 19.5 Å². The van der Waals surface area contributed by atoms with Crippen LogP contribution in [0.5, 0.6) is 17.2 Å². The van der Waals surface area contributed by atoms with E-state index in [1.54, 1.807) is 19.6 Å². The molecule has 0 unspecified atom stereocenters. The lowest BCUT2D eigenvalue weighted by Crippen LogP contribution is -2.17. The number of nitrogens with one attached hydrogen (secondary N) is 2. The van der Waals surface area contributed by atoms with Crippen molar-refractivity contribution in [2.75, 3.05) is 20.3 Å². The first kappa shape index (κ1) is 12.8. The van der Waals surface area contributed by atoms with Crippen LogP contribution in [-0.2, 0) is 13.1 Å². The van der Waals surface area contributed by atoms with Crippen LogP contribution in [0.2, 0.25) is 0 Å². The van der Waals surface area contributed by atoms with Gasteiger partial charge in [-0.05, 0) is 17.7 Å². The Labute approximate surface area is 117 Å². The SMILES string of the molecule is COc1cc(CNCc2cnc[nH]2)cc2c1OCCO2. The number of hydrogen-bond acceptors (Lipinski definition) is 5. The zero-order valence-corrected chi connectivity index (χ0v) is 11.3. The minimum Gasteiger partial charge on any atom is -0.493 e. The largest absolute Gasteiger partial charge is 0.493 e. The van der Waals surface area contributed by atoms with Crippen molar-refractivity contribution in [3.63, 3.8) is 0 Å². The summed E-state index contributed by atoms with van der Waals surface area (Å²) in [4.78, 5) is 7.03. The fourth-order valence-corrected chi connectivity index (χ4v) is 2.15. The van der Waals surface area contributed by atoms with Crippen molar-refractivity contribution in [1.82, 2.24) is 15.3 Å². The summed E-state index contributed by atoms with van der Waals surface area (Å²) in [5.74, 6) is 2.14. The average molecular weight is 275 g/mol. The molecule has 2 N–H and O–H groups in total. The van der Waals surface area contributed by atoms with Gasteiger partial charge in [-0.1, -0.05) is 0 Å². The number of nitrogens with zero attached hydrogens (tertiary/aromatic N) is 1. The van der Waals surface area contributed by atoms with Crippen molar-refractivity contribution in [3.8, 4) is 17.2 Å². The Hall–Kier alpha value is -2.21. The molecule has 0 bridgehead atoms. The molecular weight excluding hydrogens is 258 g/mol. The zero-order chi connectivity index (χ0) is 13.8. The number of H-pyrrole nitrogens is 1. The fourth-order valence-electron chi connectivity index (χ4n) is 2.15. The molecule has 1 aliphatic rings. The summed E-state index contributed by atoms with van der Waals surface area (Å²) in [6, 6.07) is 3.95. The van der Waals surface area contributed by atoms with Crippen LogP contribution in [0.4, 0.5) is 0 Å². The van der Waals surface area contributed by atoms with E-state index in [4.69, 9.17) is 14.2 Å². The van der Waals surface area contributed by atoms with Crippen LogP contribution in [0.1, 0.15) is 11.3 Å². The van der Waals surface area contributed by atoms with Crippen LogP contribution in [0.3, 0.4) is 0 Å². The minimum atomic E-state index is 0.556. The van der Waals surface area contributed by atoms with Gasteiger partial charge in [-0.2, -0.15) is 0 Å². The summed E-state index contributed by atoms with van der Waals surface area (Å²) in [6.07, 6.45) is 3.47. The van der Waals surface area contributed by atoms with Crippen LogP contribution >= 0.6 is 0 Å². The van der Waals surface area contributed by atoms with Crippen molar-refractivity contribution in [1.29, 1.82) is 0 Å². The Morgan fingerprint density at radius 3 is 3.00 bits per heavy atom. The normalized spacial score (nSPS) is 13.2. The number of ether oxygens (including phenoxy) is 3. The zero-order valence-electron chi connectivity index (χ0n) is 11.3. The number of rotatable bonds is 5. The molecule has 0 saturated carbocycles. The highest BCUT2D eigenvalue weighted by Crippen LogP contribution is 2.40. The molecule has 0 saturated heterocycles. The predicted molar refractivity (Wildman–Crippen MR) is 73.1 cm³/mol. The lowest BCUT2D eigenvalue weighted by molar-refractivity contribution is 0.165. The van der Waals surface area contributed by atoms with Gasteiger partial charge in [0.15, 0.2) is 11.5 Å². The maximum atomic E-state index is 5.61. The molecule has 0 amide bonds. The van der Waals surface area contributed by atoms with Gasteiger partial charge in [0.2, 0.25) is 5.75 Å². The molecule has 0 fully saturated rings. The van der Waals surface area contributed by atoms with Gasteiger partial charge in [0, 0.05) is 25.0 Å². The lowest BCUT2D eigenvalue weighted by Gasteiger charge is -2.21. The molecule has 6 heteroatoms. The Kier molecular flexibility index (Phi) is 3.73. The van der Waals surface area contributed by atoms with Crippen molar-refractivity contribution >= 4 is 0 Å². The van der Waals surface area contributed by atoms with E-state index >= 15 is 0 Å². The van der Waals surface area contributed by atoms with Crippen molar-refractivity contribution in [2.24, 2.45) is 0 Å².